The zero-order valence-corrected chi connectivity index (χ0v) is 9.50. The lowest BCUT2D eigenvalue weighted by atomic mass is 10.1. The Kier molecular flexibility index (Phi) is 2.77. The van der Waals surface area contributed by atoms with Gasteiger partial charge >= 0.3 is 0 Å². The normalized spacial score (nSPS) is 14.7. The summed E-state index contributed by atoms with van der Waals surface area (Å²) < 4.78 is 11.0. The van der Waals surface area contributed by atoms with Crippen molar-refractivity contribution < 1.29 is 9.47 Å². The summed E-state index contributed by atoms with van der Waals surface area (Å²) in [6.07, 6.45) is 1.99. The molecule has 2 nitrogen and oxygen atoms in total. The lowest BCUT2D eigenvalue weighted by Gasteiger charge is -2.19. The molecule has 1 heterocycles. The average Bonchev–Trinajstić information content (AvgIpc) is 2.19. The molecule has 14 heavy (non-hydrogen) atoms. The van der Waals surface area contributed by atoms with E-state index in [0.29, 0.717) is 13.2 Å². The zero-order chi connectivity index (χ0) is 9.97. The van der Waals surface area contributed by atoms with Crippen LogP contribution >= 0.6 is 15.9 Å². The smallest absolute Gasteiger partial charge is 0.161 e. The first-order valence-electron chi connectivity index (χ1n) is 4.48. The molecule has 0 radical (unpaired) electrons. The van der Waals surface area contributed by atoms with Crippen LogP contribution in [0.1, 0.15) is 11.1 Å². The summed E-state index contributed by atoms with van der Waals surface area (Å²) in [5.41, 5.74) is 2.33. The van der Waals surface area contributed by atoms with Gasteiger partial charge < -0.3 is 9.47 Å². The summed E-state index contributed by atoms with van der Waals surface area (Å²) in [7, 11) is 0. The number of hydrogen-bond donors (Lipinski definition) is 0. The number of ether oxygens (including phenoxy) is 2. The molecule has 1 aliphatic heterocycles. The molecule has 0 bridgehead atoms. The van der Waals surface area contributed by atoms with Gasteiger partial charge in [-0.1, -0.05) is 15.9 Å². The SMILES string of the molecule is Cc1cc2c(cc1C=CBr)OCCO2. The van der Waals surface area contributed by atoms with E-state index in [1.165, 1.54) is 5.56 Å². The summed E-state index contributed by atoms with van der Waals surface area (Å²) in [5.74, 6) is 1.68. The Labute approximate surface area is 91.7 Å². The van der Waals surface area contributed by atoms with Crippen molar-refractivity contribution in [3.8, 4) is 11.5 Å². The standard InChI is InChI=1S/C11H11BrO2/c1-8-6-10-11(14-5-4-13-10)7-9(8)2-3-12/h2-3,6-7H,4-5H2,1H3. The summed E-state index contributed by atoms with van der Waals surface area (Å²) in [6.45, 7) is 3.33. The molecule has 2 rings (SSSR count). The van der Waals surface area contributed by atoms with E-state index in [0.717, 1.165) is 17.1 Å². The van der Waals surface area contributed by atoms with E-state index >= 15 is 0 Å². The molecule has 74 valence electrons. The van der Waals surface area contributed by atoms with Crippen LogP contribution in [-0.2, 0) is 0 Å². The van der Waals surface area contributed by atoms with Crippen LogP contribution in [0.15, 0.2) is 17.1 Å². The third-order valence-corrected chi connectivity index (χ3v) is 2.44. The van der Waals surface area contributed by atoms with Crippen LogP contribution in [0.4, 0.5) is 0 Å². The maximum Gasteiger partial charge on any atom is 0.161 e. The van der Waals surface area contributed by atoms with Crippen LogP contribution < -0.4 is 9.47 Å². The Bertz CT molecular complexity index is 372. The van der Waals surface area contributed by atoms with Gasteiger partial charge in [-0.15, -0.1) is 0 Å². The van der Waals surface area contributed by atoms with Gasteiger partial charge in [0.1, 0.15) is 13.2 Å². The molecule has 0 atom stereocenters. The molecule has 1 aromatic rings. The molecule has 0 fully saturated rings. The lowest BCUT2D eigenvalue weighted by Crippen LogP contribution is -2.15. The lowest BCUT2D eigenvalue weighted by molar-refractivity contribution is 0.171. The van der Waals surface area contributed by atoms with E-state index in [1.807, 2.05) is 23.2 Å². The van der Waals surface area contributed by atoms with Crippen molar-refractivity contribution >= 4 is 22.0 Å². The predicted octanol–water partition coefficient (Wildman–Crippen LogP) is 3.13. The number of benzene rings is 1. The van der Waals surface area contributed by atoms with Gasteiger partial charge in [0, 0.05) is 0 Å². The molecule has 0 aromatic heterocycles. The third kappa shape index (κ3) is 1.77. The zero-order valence-electron chi connectivity index (χ0n) is 7.92. The van der Waals surface area contributed by atoms with Crippen molar-refractivity contribution in [2.45, 2.75) is 6.92 Å². The van der Waals surface area contributed by atoms with Gasteiger partial charge in [0.25, 0.3) is 0 Å². The van der Waals surface area contributed by atoms with Gasteiger partial charge in [-0.3, -0.25) is 0 Å². The second-order valence-electron chi connectivity index (χ2n) is 3.15. The number of hydrogen-bond acceptors (Lipinski definition) is 2. The molecule has 0 unspecified atom stereocenters. The summed E-state index contributed by atoms with van der Waals surface area (Å²) in [4.78, 5) is 1.84. The Morgan fingerprint density at radius 2 is 1.86 bits per heavy atom. The Morgan fingerprint density at radius 3 is 2.50 bits per heavy atom. The Hall–Kier alpha value is -0.960. The molecule has 0 N–H and O–H groups in total. The highest BCUT2D eigenvalue weighted by Crippen LogP contribution is 2.33. The van der Waals surface area contributed by atoms with E-state index in [-0.39, 0.29) is 0 Å². The number of fused-ring (bicyclic) bond motifs is 1. The van der Waals surface area contributed by atoms with Crippen molar-refractivity contribution in [3.63, 3.8) is 0 Å². The van der Waals surface area contributed by atoms with E-state index in [1.54, 1.807) is 0 Å². The molecular formula is C11H11BrO2. The minimum absolute atomic E-state index is 0.632. The molecule has 0 saturated carbocycles. The topological polar surface area (TPSA) is 18.5 Å². The van der Waals surface area contributed by atoms with Crippen molar-refractivity contribution in [2.24, 2.45) is 0 Å². The number of rotatable bonds is 1. The van der Waals surface area contributed by atoms with E-state index < -0.39 is 0 Å². The van der Waals surface area contributed by atoms with Crippen molar-refractivity contribution in [3.05, 3.63) is 28.2 Å². The van der Waals surface area contributed by atoms with Crippen LogP contribution in [0.3, 0.4) is 0 Å². The predicted molar refractivity (Wildman–Crippen MR) is 60.1 cm³/mol. The molecular weight excluding hydrogens is 244 g/mol. The van der Waals surface area contributed by atoms with E-state index in [4.69, 9.17) is 9.47 Å². The summed E-state index contributed by atoms with van der Waals surface area (Å²) in [6, 6.07) is 4.01. The highest BCUT2D eigenvalue weighted by molar-refractivity contribution is 9.11. The van der Waals surface area contributed by atoms with Gasteiger partial charge in [0.2, 0.25) is 0 Å². The minimum Gasteiger partial charge on any atom is -0.486 e. The van der Waals surface area contributed by atoms with Crippen LogP contribution in [-0.4, -0.2) is 13.2 Å². The van der Waals surface area contributed by atoms with Crippen LogP contribution in [0.2, 0.25) is 0 Å². The molecule has 1 aliphatic rings. The van der Waals surface area contributed by atoms with Gasteiger partial charge in [-0.05, 0) is 41.2 Å². The fourth-order valence-corrected chi connectivity index (χ4v) is 1.74. The summed E-state index contributed by atoms with van der Waals surface area (Å²) >= 11 is 3.26. The van der Waals surface area contributed by atoms with E-state index in [2.05, 4.69) is 22.9 Å². The first kappa shape index (κ1) is 9.59. The van der Waals surface area contributed by atoms with E-state index in [9.17, 15) is 0 Å². The van der Waals surface area contributed by atoms with Crippen LogP contribution in [0, 0.1) is 6.92 Å². The molecule has 3 heteroatoms. The number of halogens is 1. The van der Waals surface area contributed by atoms with Crippen LogP contribution in [0.5, 0.6) is 11.5 Å². The van der Waals surface area contributed by atoms with Gasteiger partial charge in [-0.2, -0.15) is 0 Å². The van der Waals surface area contributed by atoms with Crippen molar-refractivity contribution in [2.75, 3.05) is 13.2 Å². The third-order valence-electron chi connectivity index (χ3n) is 2.17. The summed E-state index contributed by atoms with van der Waals surface area (Å²) in [5, 5.41) is 0. The maximum atomic E-state index is 5.49. The second-order valence-corrected chi connectivity index (χ2v) is 3.67. The Morgan fingerprint density at radius 1 is 1.21 bits per heavy atom. The second kappa shape index (κ2) is 4.05. The largest absolute Gasteiger partial charge is 0.486 e. The van der Waals surface area contributed by atoms with Crippen molar-refractivity contribution in [1.29, 1.82) is 0 Å². The van der Waals surface area contributed by atoms with Gasteiger partial charge in [0.05, 0.1) is 0 Å². The average molecular weight is 255 g/mol. The fourth-order valence-electron chi connectivity index (χ4n) is 1.45. The number of aryl methyl sites for hydroxylation is 1. The Balaban J connectivity index is 2.45. The quantitative estimate of drug-likeness (QED) is 0.767. The van der Waals surface area contributed by atoms with Crippen molar-refractivity contribution in [1.82, 2.24) is 0 Å². The minimum atomic E-state index is 0.632. The molecule has 1 aromatic carbocycles. The molecule has 0 amide bonds. The highest BCUT2D eigenvalue weighted by Gasteiger charge is 2.12. The highest BCUT2D eigenvalue weighted by atomic mass is 79.9. The van der Waals surface area contributed by atoms with Gasteiger partial charge in [0.15, 0.2) is 11.5 Å². The molecule has 0 saturated heterocycles. The van der Waals surface area contributed by atoms with Gasteiger partial charge in [-0.25, -0.2) is 0 Å². The molecule has 0 aliphatic carbocycles. The molecule has 0 spiro atoms. The first-order chi connectivity index (χ1) is 6.81. The first-order valence-corrected chi connectivity index (χ1v) is 5.40. The maximum absolute atomic E-state index is 5.49. The monoisotopic (exact) mass is 254 g/mol. The fraction of sp³-hybridized carbons (Fsp3) is 0.273. The van der Waals surface area contributed by atoms with Crippen LogP contribution in [0.25, 0.3) is 6.08 Å².